The number of hydrogen-bond acceptors (Lipinski definition) is 6. The van der Waals surface area contributed by atoms with E-state index in [9.17, 15) is 22.4 Å². The number of anilines is 1. The first-order valence-corrected chi connectivity index (χ1v) is 16.4. The van der Waals surface area contributed by atoms with Crippen molar-refractivity contribution in [1.29, 1.82) is 0 Å². The molecule has 0 radical (unpaired) electrons. The Morgan fingerprint density at radius 3 is 2.10 bits per heavy atom. The van der Waals surface area contributed by atoms with Crippen LogP contribution in [0.15, 0.2) is 82.6 Å². The number of ether oxygens (including phenoxy) is 1. The number of halogens is 1. The molecule has 3 aromatic rings. The molecule has 3 aromatic carbocycles. The number of carbonyl (C=O) groups is 2. The number of amides is 2. The van der Waals surface area contributed by atoms with Crippen LogP contribution >= 0.6 is 11.8 Å². The SMILES string of the molecule is CCOc1ccc(N(CC(=O)N(Cc2ccc(F)cc2)[C@H](CC)C(=O)NC(C)C)S(=O)(=O)c2ccc(SC)cc2)cc1. The van der Waals surface area contributed by atoms with Crippen molar-refractivity contribution < 1.29 is 27.1 Å². The molecule has 11 heteroatoms. The summed E-state index contributed by atoms with van der Waals surface area (Å²) in [6.07, 6.45) is 2.18. The summed E-state index contributed by atoms with van der Waals surface area (Å²) < 4.78 is 48.2. The third kappa shape index (κ3) is 8.48. The first kappa shape index (κ1) is 32.9. The van der Waals surface area contributed by atoms with E-state index in [1.807, 2.05) is 27.0 Å². The summed E-state index contributed by atoms with van der Waals surface area (Å²) >= 11 is 1.48. The van der Waals surface area contributed by atoms with Crippen LogP contribution in [-0.4, -0.2) is 56.6 Å². The minimum absolute atomic E-state index is 0.0112. The second kappa shape index (κ2) is 15.1. The zero-order valence-electron chi connectivity index (χ0n) is 24.5. The molecule has 0 spiro atoms. The molecule has 0 unspecified atom stereocenters. The van der Waals surface area contributed by atoms with E-state index in [2.05, 4.69) is 5.32 Å². The molecule has 1 atom stereocenters. The van der Waals surface area contributed by atoms with Gasteiger partial charge in [-0.2, -0.15) is 0 Å². The lowest BCUT2D eigenvalue weighted by Crippen LogP contribution is -2.53. The second-order valence-corrected chi connectivity index (χ2v) is 12.6. The molecule has 226 valence electrons. The molecule has 0 aromatic heterocycles. The van der Waals surface area contributed by atoms with Crippen molar-refractivity contribution in [3.05, 3.63) is 84.2 Å². The lowest BCUT2D eigenvalue weighted by molar-refractivity contribution is -0.140. The van der Waals surface area contributed by atoms with Gasteiger partial charge in [0.1, 0.15) is 24.2 Å². The number of carbonyl (C=O) groups excluding carboxylic acids is 2. The number of nitrogens with zero attached hydrogens (tertiary/aromatic N) is 2. The highest BCUT2D eigenvalue weighted by Gasteiger charge is 2.34. The summed E-state index contributed by atoms with van der Waals surface area (Å²) in [5, 5.41) is 2.85. The van der Waals surface area contributed by atoms with E-state index in [1.54, 1.807) is 43.3 Å². The van der Waals surface area contributed by atoms with Gasteiger partial charge >= 0.3 is 0 Å². The van der Waals surface area contributed by atoms with Gasteiger partial charge in [0, 0.05) is 17.5 Å². The van der Waals surface area contributed by atoms with Crippen molar-refractivity contribution in [3.63, 3.8) is 0 Å². The zero-order chi connectivity index (χ0) is 30.9. The van der Waals surface area contributed by atoms with Crippen LogP contribution < -0.4 is 14.4 Å². The minimum atomic E-state index is -4.20. The minimum Gasteiger partial charge on any atom is -0.494 e. The van der Waals surface area contributed by atoms with Gasteiger partial charge in [0.05, 0.1) is 17.2 Å². The van der Waals surface area contributed by atoms with E-state index in [-0.39, 0.29) is 35.5 Å². The van der Waals surface area contributed by atoms with Gasteiger partial charge in [-0.05, 0) is 99.7 Å². The maximum absolute atomic E-state index is 14.1. The first-order valence-electron chi connectivity index (χ1n) is 13.7. The van der Waals surface area contributed by atoms with Gasteiger partial charge in [-0.3, -0.25) is 13.9 Å². The quantitative estimate of drug-likeness (QED) is 0.242. The van der Waals surface area contributed by atoms with Crippen molar-refractivity contribution in [2.45, 2.75) is 62.5 Å². The molecule has 0 aliphatic rings. The smallest absolute Gasteiger partial charge is 0.264 e. The fourth-order valence-electron chi connectivity index (χ4n) is 4.37. The van der Waals surface area contributed by atoms with Crippen LogP contribution in [0.3, 0.4) is 0 Å². The molecule has 0 aliphatic heterocycles. The Labute approximate surface area is 252 Å². The first-order chi connectivity index (χ1) is 20.0. The number of nitrogens with one attached hydrogen (secondary N) is 1. The van der Waals surface area contributed by atoms with Gasteiger partial charge in [-0.15, -0.1) is 11.8 Å². The zero-order valence-corrected chi connectivity index (χ0v) is 26.2. The highest BCUT2D eigenvalue weighted by Crippen LogP contribution is 2.28. The van der Waals surface area contributed by atoms with E-state index in [4.69, 9.17) is 4.74 Å². The van der Waals surface area contributed by atoms with Crippen molar-refractivity contribution in [2.24, 2.45) is 0 Å². The average Bonchev–Trinajstić information content (AvgIpc) is 2.97. The van der Waals surface area contributed by atoms with Gasteiger partial charge in [0.15, 0.2) is 0 Å². The second-order valence-electron chi connectivity index (χ2n) is 9.85. The Hall–Kier alpha value is -3.57. The van der Waals surface area contributed by atoms with E-state index in [1.165, 1.54) is 53.1 Å². The molecule has 1 N–H and O–H groups in total. The predicted molar refractivity (Wildman–Crippen MR) is 165 cm³/mol. The lowest BCUT2D eigenvalue weighted by atomic mass is 10.1. The summed E-state index contributed by atoms with van der Waals surface area (Å²) in [4.78, 5) is 29.5. The highest BCUT2D eigenvalue weighted by atomic mass is 32.2. The van der Waals surface area contributed by atoms with Crippen LogP contribution in [0.25, 0.3) is 0 Å². The molecule has 0 aliphatic carbocycles. The van der Waals surface area contributed by atoms with Crippen LogP contribution in [-0.2, 0) is 26.2 Å². The van der Waals surface area contributed by atoms with Gasteiger partial charge in [0.25, 0.3) is 10.0 Å². The van der Waals surface area contributed by atoms with E-state index < -0.39 is 34.3 Å². The monoisotopic (exact) mass is 615 g/mol. The third-order valence-corrected chi connectivity index (χ3v) is 8.98. The van der Waals surface area contributed by atoms with Crippen LogP contribution in [0.4, 0.5) is 10.1 Å². The summed E-state index contributed by atoms with van der Waals surface area (Å²) in [7, 11) is -4.20. The number of sulfonamides is 1. The van der Waals surface area contributed by atoms with E-state index in [0.29, 0.717) is 17.9 Å². The van der Waals surface area contributed by atoms with Crippen LogP contribution in [0, 0.1) is 5.82 Å². The van der Waals surface area contributed by atoms with Gasteiger partial charge < -0.3 is 15.0 Å². The Kier molecular flexibility index (Phi) is 11.8. The molecule has 3 rings (SSSR count). The van der Waals surface area contributed by atoms with E-state index in [0.717, 1.165) is 9.20 Å². The molecule has 0 bridgehead atoms. The Bertz CT molecular complexity index is 1430. The Balaban J connectivity index is 2.06. The van der Waals surface area contributed by atoms with Crippen LogP contribution in [0.5, 0.6) is 5.75 Å². The topological polar surface area (TPSA) is 96.0 Å². The molecule has 0 saturated heterocycles. The van der Waals surface area contributed by atoms with Crippen molar-refractivity contribution in [1.82, 2.24) is 10.2 Å². The van der Waals surface area contributed by atoms with E-state index >= 15 is 0 Å². The standard InChI is InChI=1S/C31H38FN3O5S2/c1-6-29(31(37)33-22(3)4)34(20-23-8-10-24(32)11-9-23)30(36)21-35(25-12-14-26(15-13-25)40-7-2)42(38,39)28-18-16-27(41-5)17-19-28/h8-19,22,29H,6-7,20-21H2,1-5H3,(H,33,37)/t29-/m1/s1. The van der Waals surface area contributed by atoms with Crippen LogP contribution in [0.2, 0.25) is 0 Å². The van der Waals surface area contributed by atoms with Gasteiger partial charge in [-0.1, -0.05) is 19.1 Å². The molecule has 0 fully saturated rings. The van der Waals surface area contributed by atoms with Gasteiger partial charge in [-0.25, -0.2) is 12.8 Å². The molecular formula is C31H38FN3O5S2. The molecule has 0 saturated carbocycles. The summed E-state index contributed by atoms with van der Waals surface area (Å²) in [6, 6.07) is 17.5. The largest absolute Gasteiger partial charge is 0.494 e. The fourth-order valence-corrected chi connectivity index (χ4v) is 6.19. The number of hydrogen-bond donors (Lipinski definition) is 1. The molecule has 0 heterocycles. The highest BCUT2D eigenvalue weighted by molar-refractivity contribution is 7.98. The van der Waals surface area contributed by atoms with Crippen molar-refractivity contribution in [3.8, 4) is 5.75 Å². The third-order valence-electron chi connectivity index (χ3n) is 6.45. The average molecular weight is 616 g/mol. The number of benzene rings is 3. The molecular weight excluding hydrogens is 577 g/mol. The summed E-state index contributed by atoms with van der Waals surface area (Å²) in [5.41, 5.74) is 0.867. The Morgan fingerprint density at radius 1 is 0.952 bits per heavy atom. The van der Waals surface area contributed by atoms with Crippen molar-refractivity contribution >= 4 is 39.3 Å². The molecule has 42 heavy (non-hydrogen) atoms. The molecule has 8 nitrogen and oxygen atoms in total. The van der Waals surface area contributed by atoms with Crippen LogP contribution in [0.1, 0.15) is 39.7 Å². The summed E-state index contributed by atoms with van der Waals surface area (Å²) in [5.74, 6) is -0.806. The fraction of sp³-hybridized carbons (Fsp3) is 0.355. The maximum Gasteiger partial charge on any atom is 0.264 e. The predicted octanol–water partition coefficient (Wildman–Crippen LogP) is 5.47. The maximum atomic E-state index is 14.1. The number of rotatable bonds is 14. The lowest BCUT2D eigenvalue weighted by Gasteiger charge is -2.33. The summed E-state index contributed by atoms with van der Waals surface area (Å²) in [6.45, 7) is 7.13. The van der Waals surface area contributed by atoms with Gasteiger partial charge in [0.2, 0.25) is 11.8 Å². The Morgan fingerprint density at radius 2 is 1.57 bits per heavy atom. The van der Waals surface area contributed by atoms with Crippen molar-refractivity contribution in [2.75, 3.05) is 23.7 Å². The normalized spacial score (nSPS) is 12.1. The molecule has 2 amide bonds. The number of thioether (sulfide) groups is 1.